The summed E-state index contributed by atoms with van der Waals surface area (Å²) in [5.74, 6) is -0.256. The summed E-state index contributed by atoms with van der Waals surface area (Å²) in [6.07, 6.45) is 0. The maximum atomic E-state index is 13.6. The first-order valence-corrected chi connectivity index (χ1v) is 6.43. The number of hydrogen-bond acceptors (Lipinski definition) is 2. The molecule has 2 rings (SSSR count). The second-order valence-electron chi connectivity index (χ2n) is 3.31. The first-order valence-electron chi connectivity index (χ1n) is 4.82. The van der Waals surface area contributed by atoms with Crippen molar-refractivity contribution in [2.75, 3.05) is 0 Å². The number of benzene rings is 2. The van der Waals surface area contributed by atoms with Gasteiger partial charge in [0.2, 0.25) is 0 Å². The highest BCUT2D eigenvalue weighted by atomic mass is 79.9. The SMILES string of the molecule is N#Cc1ccc(Sc2ccc(Br)cc2F)cc1. The number of nitrogens with zero attached hydrogens (tertiary/aromatic N) is 1. The minimum Gasteiger partial charge on any atom is -0.206 e. The molecule has 0 fully saturated rings. The van der Waals surface area contributed by atoms with E-state index in [1.165, 1.54) is 17.8 Å². The molecular weight excluding hydrogens is 301 g/mol. The van der Waals surface area contributed by atoms with Gasteiger partial charge in [-0.25, -0.2) is 4.39 Å². The van der Waals surface area contributed by atoms with Crippen LogP contribution in [0.5, 0.6) is 0 Å². The first kappa shape index (κ1) is 12.2. The van der Waals surface area contributed by atoms with Crippen molar-refractivity contribution < 1.29 is 4.39 Å². The van der Waals surface area contributed by atoms with E-state index in [1.807, 2.05) is 18.2 Å². The third-order valence-corrected chi connectivity index (χ3v) is 3.66. The van der Waals surface area contributed by atoms with Crippen LogP contribution in [-0.2, 0) is 0 Å². The lowest BCUT2D eigenvalue weighted by atomic mass is 10.2. The second-order valence-corrected chi connectivity index (χ2v) is 5.34. The van der Waals surface area contributed by atoms with Gasteiger partial charge in [0, 0.05) is 14.3 Å². The Morgan fingerprint density at radius 1 is 1.12 bits per heavy atom. The highest BCUT2D eigenvalue weighted by Gasteiger charge is 2.04. The smallest absolute Gasteiger partial charge is 0.138 e. The molecule has 1 nitrogen and oxygen atoms in total. The van der Waals surface area contributed by atoms with Gasteiger partial charge in [-0.15, -0.1) is 0 Å². The largest absolute Gasteiger partial charge is 0.206 e. The van der Waals surface area contributed by atoms with Crippen molar-refractivity contribution in [1.29, 1.82) is 5.26 Å². The van der Waals surface area contributed by atoms with Crippen LogP contribution in [0.25, 0.3) is 0 Å². The minimum absolute atomic E-state index is 0.256. The van der Waals surface area contributed by atoms with E-state index in [-0.39, 0.29) is 5.82 Å². The van der Waals surface area contributed by atoms with Crippen LogP contribution in [0.2, 0.25) is 0 Å². The first-order chi connectivity index (χ1) is 8.19. The van der Waals surface area contributed by atoms with Crippen molar-refractivity contribution in [3.05, 3.63) is 58.3 Å². The van der Waals surface area contributed by atoms with Crippen molar-refractivity contribution in [1.82, 2.24) is 0 Å². The topological polar surface area (TPSA) is 23.8 Å². The van der Waals surface area contributed by atoms with Crippen molar-refractivity contribution >= 4 is 27.7 Å². The lowest BCUT2D eigenvalue weighted by Gasteiger charge is -2.03. The Morgan fingerprint density at radius 3 is 2.41 bits per heavy atom. The molecule has 17 heavy (non-hydrogen) atoms. The average Bonchev–Trinajstić information content (AvgIpc) is 2.34. The van der Waals surface area contributed by atoms with Crippen molar-refractivity contribution in [3.63, 3.8) is 0 Å². The Kier molecular flexibility index (Phi) is 3.82. The molecule has 4 heteroatoms. The number of halogens is 2. The van der Waals surface area contributed by atoms with Gasteiger partial charge in [0.25, 0.3) is 0 Å². The molecule has 0 radical (unpaired) electrons. The van der Waals surface area contributed by atoms with E-state index < -0.39 is 0 Å². The monoisotopic (exact) mass is 307 g/mol. The normalized spacial score (nSPS) is 9.94. The molecule has 0 heterocycles. The van der Waals surface area contributed by atoms with Gasteiger partial charge in [-0.3, -0.25) is 0 Å². The zero-order chi connectivity index (χ0) is 12.3. The fourth-order valence-electron chi connectivity index (χ4n) is 1.28. The predicted molar refractivity (Wildman–Crippen MR) is 69.4 cm³/mol. The summed E-state index contributed by atoms with van der Waals surface area (Å²) in [6.45, 7) is 0. The van der Waals surface area contributed by atoms with Crippen LogP contribution in [0.4, 0.5) is 4.39 Å². The molecule has 0 saturated carbocycles. The molecule has 0 saturated heterocycles. The molecule has 84 valence electrons. The lowest BCUT2D eigenvalue weighted by Crippen LogP contribution is -1.81. The standard InChI is InChI=1S/C13H7BrFNS/c14-10-3-6-13(12(15)7-10)17-11-4-1-9(8-16)2-5-11/h1-7H. The Bertz CT molecular complexity index is 575. The van der Waals surface area contributed by atoms with E-state index in [0.717, 1.165) is 9.37 Å². The fourth-order valence-corrected chi connectivity index (χ4v) is 2.43. The van der Waals surface area contributed by atoms with Crippen LogP contribution in [-0.4, -0.2) is 0 Å². The van der Waals surface area contributed by atoms with E-state index in [1.54, 1.807) is 24.3 Å². The van der Waals surface area contributed by atoms with E-state index in [0.29, 0.717) is 10.5 Å². The highest BCUT2D eigenvalue weighted by molar-refractivity contribution is 9.10. The van der Waals surface area contributed by atoms with Crippen LogP contribution in [0.3, 0.4) is 0 Å². The van der Waals surface area contributed by atoms with E-state index >= 15 is 0 Å². The van der Waals surface area contributed by atoms with Gasteiger partial charge in [-0.05, 0) is 42.5 Å². The van der Waals surface area contributed by atoms with E-state index in [2.05, 4.69) is 15.9 Å². The number of rotatable bonds is 2. The summed E-state index contributed by atoms with van der Waals surface area (Å²) in [7, 11) is 0. The third-order valence-electron chi connectivity index (χ3n) is 2.11. The van der Waals surface area contributed by atoms with Crippen molar-refractivity contribution in [3.8, 4) is 6.07 Å². The Labute approximate surface area is 111 Å². The van der Waals surface area contributed by atoms with Gasteiger partial charge >= 0.3 is 0 Å². The quantitative estimate of drug-likeness (QED) is 0.809. The van der Waals surface area contributed by atoms with Gasteiger partial charge < -0.3 is 0 Å². The molecule has 0 bridgehead atoms. The molecule has 0 aliphatic carbocycles. The molecule has 2 aromatic carbocycles. The van der Waals surface area contributed by atoms with Crippen molar-refractivity contribution in [2.45, 2.75) is 9.79 Å². The maximum Gasteiger partial charge on any atom is 0.138 e. The molecule has 0 unspecified atom stereocenters. The summed E-state index contributed by atoms with van der Waals surface area (Å²) in [5, 5.41) is 8.67. The molecule has 0 N–H and O–H groups in total. The third kappa shape index (κ3) is 3.09. The molecule has 0 atom stereocenters. The molecule has 0 amide bonds. The van der Waals surface area contributed by atoms with Crippen LogP contribution in [0, 0.1) is 17.1 Å². The van der Waals surface area contributed by atoms with Gasteiger partial charge in [0.1, 0.15) is 5.82 Å². The average molecular weight is 308 g/mol. The zero-order valence-electron chi connectivity index (χ0n) is 8.65. The number of nitriles is 1. The summed E-state index contributed by atoms with van der Waals surface area (Å²) in [5.41, 5.74) is 0.602. The minimum atomic E-state index is -0.256. The Morgan fingerprint density at radius 2 is 1.82 bits per heavy atom. The molecule has 0 aliphatic heterocycles. The maximum absolute atomic E-state index is 13.6. The molecular formula is C13H7BrFNS. The Balaban J connectivity index is 2.23. The molecule has 2 aromatic rings. The van der Waals surface area contributed by atoms with Gasteiger partial charge in [-0.2, -0.15) is 5.26 Å². The van der Waals surface area contributed by atoms with E-state index in [4.69, 9.17) is 5.26 Å². The summed E-state index contributed by atoms with van der Waals surface area (Å²) >= 11 is 4.55. The Hall–Kier alpha value is -1.31. The molecule has 0 aromatic heterocycles. The molecule has 0 aliphatic rings. The van der Waals surface area contributed by atoms with Crippen LogP contribution in [0.15, 0.2) is 56.7 Å². The van der Waals surface area contributed by atoms with Crippen LogP contribution in [0.1, 0.15) is 5.56 Å². The highest BCUT2D eigenvalue weighted by Crippen LogP contribution is 2.31. The molecule has 0 spiro atoms. The number of hydrogen-bond donors (Lipinski definition) is 0. The van der Waals surface area contributed by atoms with Crippen LogP contribution >= 0.6 is 27.7 Å². The van der Waals surface area contributed by atoms with Gasteiger partial charge in [0.05, 0.1) is 11.6 Å². The fraction of sp³-hybridized carbons (Fsp3) is 0. The van der Waals surface area contributed by atoms with Gasteiger partial charge in [0.15, 0.2) is 0 Å². The summed E-state index contributed by atoms with van der Waals surface area (Å²) < 4.78 is 14.3. The lowest BCUT2D eigenvalue weighted by molar-refractivity contribution is 0.601. The van der Waals surface area contributed by atoms with Crippen LogP contribution < -0.4 is 0 Å². The van der Waals surface area contributed by atoms with E-state index in [9.17, 15) is 4.39 Å². The second kappa shape index (κ2) is 5.35. The zero-order valence-corrected chi connectivity index (χ0v) is 11.1. The summed E-state index contributed by atoms with van der Waals surface area (Å²) in [6, 6.07) is 14.1. The van der Waals surface area contributed by atoms with Crippen molar-refractivity contribution in [2.24, 2.45) is 0 Å². The predicted octanol–water partition coefficient (Wildman–Crippen LogP) is 4.61. The van der Waals surface area contributed by atoms with Gasteiger partial charge in [-0.1, -0.05) is 27.7 Å². The summed E-state index contributed by atoms with van der Waals surface area (Å²) in [4.78, 5) is 1.48.